The van der Waals surface area contributed by atoms with Gasteiger partial charge in [0.25, 0.3) is 0 Å². The third kappa shape index (κ3) is 1.91. The van der Waals surface area contributed by atoms with Gasteiger partial charge in [0.1, 0.15) is 5.69 Å². The van der Waals surface area contributed by atoms with Gasteiger partial charge in [-0.3, -0.25) is 4.98 Å². The Morgan fingerprint density at radius 3 is 2.78 bits per heavy atom. The maximum atomic E-state index is 13.6. The fourth-order valence-corrected chi connectivity index (χ4v) is 1.88. The number of halogens is 2. The van der Waals surface area contributed by atoms with Crippen LogP contribution in [-0.2, 0) is 0 Å². The van der Waals surface area contributed by atoms with Gasteiger partial charge in [-0.05, 0) is 23.7 Å². The molecule has 3 aromatic rings. The van der Waals surface area contributed by atoms with Crippen LogP contribution in [0.5, 0.6) is 0 Å². The molecule has 5 heteroatoms. The van der Waals surface area contributed by atoms with E-state index in [1.54, 1.807) is 6.20 Å². The highest BCUT2D eigenvalue weighted by Crippen LogP contribution is 2.23. The average Bonchev–Trinajstić information content (AvgIpc) is 2.41. The normalized spacial score (nSPS) is 10.8. The van der Waals surface area contributed by atoms with Crippen molar-refractivity contribution in [3.05, 3.63) is 53.8 Å². The molecule has 2 heterocycles. The molecule has 18 heavy (non-hydrogen) atoms. The molecule has 0 aliphatic rings. The number of benzene rings is 1. The van der Waals surface area contributed by atoms with E-state index in [0.29, 0.717) is 5.56 Å². The first-order valence-corrected chi connectivity index (χ1v) is 5.65. The molecule has 0 saturated carbocycles. The molecule has 0 amide bonds. The Morgan fingerprint density at radius 1 is 1.06 bits per heavy atom. The summed E-state index contributed by atoms with van der Waals surface area (Å²) in [6.07, 6.45) is 2.63. The molecule has 0 unspecified atom stereocenters. The van der Waals surface area contributed by atoms with E-state index in [-0.39, 0.29) is 11.0 Å². The Balaban J connectivity index is 2.22. The molecule has 0 radical (unpaired) electrons. The lowest BCUT2D eigenvalue weighted by Gasteiger charge is -2.03. The van der Waals surface area contributed by atoms with Gasteiger partial charge in [0.2, 0.25) is 5.28 Å². The maximum Gasteiger partial charge on any atom is 0.223 e. The number of rotatable bonds is 1. The van der Waals surface area contributed by atoms with Gasteiger partial charge in [-0.2, -0.15) is 0 Å². The minimum Gasteiger partial charge on any atom is -0.256 e. The fourth-order valence-electron chi connectivity index (χ4n) is 1.75. The first-order valence-electron chi connectivity index (χ1n) is 5.27. The molecular formula is C13H7ClFN3. The molecule has 0 N–H and O–H groups in total. The Kier molecular flexibility index (Phi) is 2.64. The SMILES string of the molecule is Fc1cnc(Cl)nc1-c1cnc2ccccc2c1. The van der Waals surface area contributed by atoms with Crippen molar-refractivity contribution in [2.24, 2.45) is 0 Å². The predicted octanol–water partition coefficient (Wildman–Crippen LogP) is 3.48. The lowest BCUT2D eigenvalue weighted by Crippen LogP contribution is -1.93. The summed E-state index contributed by atoms with van der Waals surface area (Å²) in [5.41, 5.74) is 1.59. The molecule has 0 aliphatic carbocycles. The number of nitrogens with zero attached hydrogens (tertiary/aromatic N) is 3. The average molecular weight is 260 g/mol. The second-order valence-corrected chi connectivity index (χ2v) is 4.09. The van der Waals surface area contributed by atoms with E-state index < -0.39 is 5.82 Å². The van der Waals surface area contributed by atoms with E-state index in [1.165, 1.54) is 0 Å². The summed E-state index contributed by atoms with van der Waals surface area (Å²) in [5.74, 6) is -0.517. The van der Waals surface area contributed by atoms with Crippen LogP contribution >= 0.6 is 11.6 Å². The topological polar surface area (TPSA) is 38.7 Å². The largest absolute Gasteiger partial charge is 0.256 e. The molecule has 3 nitrogen and oxygen atoms in total. The quantitative estimate of drug-likeness (QED) is 0.628. The smallest absolute Gasteiger partial charge is 0.223 e. The van der Waals surface area contributed by atoms with Gasteiger partial charge in [0.05, 0.1) is 11.7 Å². The standard InChI is InChI=1S/C13H7ClFN3/c14-13-17-7-10(15)12(18-13)9-5-8-3-1-2-4-11(8)16-6-9/h1-7H. The summed E-state index contributed by atoms with van der Waals surface area (Å²) in [4.78, 5) is 11.7. The van der Waals surface area contributed by atoms with Crippen molar-refractivity contribution in [3.8, 4) is 11.3 Å². The van der Waals surface area contributed by atoms with Crippen molar-refractivity contribution in [2.45, 2.75) is 0 Å². The van der Waals surface area contributed by atoms with Crippen LogP contribution in [0.2, 0.25) is 5.28 Å². The number of pyridine rings is 1. The van der Waals surface area contributed by atoms with Crippen LogP contribution in [-0.4, -0.2) is 15.0 Å². The maximum absolute atomic E-state index is 13.6. The van der Waals surface area contributed by atoms with Crippen molar-refractivity contribution >= 4 is 22.5 Å². The highest BCUT2D eigenvalue weighted by Gasteiger charge is 2.09. The number of aromatic nitrogens is 3. The monoisotopic (exact) mass is 259 g/mol. The van der Waals surface area contributed by atoms with Gasteiger partial charge >= 0.3 is 0 Å². The molecule has 0 aliphatic heterocycles. The molecular weight excluding hydrogens is 253 g/mol. The van der Waals surface area contributed by atoms with Crippen LogP contribution in [0.25, 0.3) is 22.2 Å². The van der Waals surface area contributed by atoms with Crippen molar-refractivity contribution < 1.29 is 4.39 Å². The second kappa shape index (κ2) is 4.31. The summed E-state index contributed by atoms with van der Waals surface area (Å²) in [6.45, 7) is 0. The van der Waals surface area contributed by atoms with Crippen molar-refractivity contribution in [3.63, 3.8) is 0 Å². The van der Waals surface area contributed by atoms with Gasteiger partial charge < -0.3 is 0 Å². The molecule has 0 bridgehead atoms. The van der Waals surface area contributed by atoms with Gasteiger partial charge in [0, 0.05) is 17.1 Å². The van der Waals surface area contributed by atoms with Crippen LogP contribution in [0.4, 0.5) is 4.39 Å². The van der Waals surface area contributed by atoms with E-state index in [4.69, 9.17) is 11.6 Å². The third-order valence-corrected chi connectivity index (χ3v) is 2.76. The highest BCUT2D eigenvalue weighted by atomic mass is 35.5. The molecule has 0 saturated heterocycles. The number of hydrogen-bond acceptors (Lipinski definition) is 3. The van der Waals surface area contributed by atoms with E-state index in [0.717, 1.165) is 17.1 Å². The zero-order valence-electron chi connectivity index (χ0n) is 9.14. The molecule has 0 spiro atoms. The minimum absolute atomic E-state index is 0.0135. The Labute approximate surface area is 107 Å². The van der Waals surface area contributed by atoms with Gasteiger partial charge in [-0.1, -0.05) is 18.2 Å². The van der Waals surface area contributed by atoms with Gasteiger partial charge in [-0.25, -0.2) is 14.4 Å². The van der Waals surface area contributed by atoms with Crippen molar-refractivity contribution in [1.29, 1.82) is 0 Å². The highest BCUT2D eigenvalue weighted by molar-refractivity contribution is 6.28. The zero-order chi connectivity index (χ0) is 12.5. The first kappa shape index (κ1) is 11.0. The van der Waals surface area contributed by atoms with E-state index in [2.05, 4.69) is 15.0 Å². The van der Waals surface area contributed by atoms with Crippen LogP contribution in [0.15, 0.2) is 42.7 Å². The lowest BCUT2D eigenvalue weighted by molar-refractivity contribution is 0.618. The van der Waals surface area contributed by atoms with Crippen LogP contribution in [0.3, 0.4) is 0 Å². The lowest BCUT2D eigenvalue weighted by atomic mass is 10.1. The zero-order valence-corrected chi connectivity index (χ0v) is 9.89. The number of para-hydroxylation sites is 1. The number of fused-ring (bicyclic) bond motifs is 1. The van der Waals surface area contributed by atoms with E-state index in [9.17, 15) is 4.39 Å². The summed E-state index contributed by atoms with van der Waals surface area (Å²) in [6, 6.07) is 9.42. The third-order valence-electron chi connectivity index (χ3n) is 2.58. The van der Waals surface area contributed by atoms with Crippen molar-refractivity contribution in [1.82, 2.24) is 15.0 Å². The van der Waals surface area contributed by atoms with Crippen LogP contribution < -0.4 is 0 Å². The molecule has 0 atom stereocenters. The molecule has 0 fully saturated rings. The summed E-state index contributed by atoms with van der Waals surface area (Å²) < 4.78 is 13.6. The van der Waals surface area contributed by atoms with E-state index >= 15 is 0 Å². The summed E-state index contributed by atoms with van der Waals surface area (Å²) in [7, 11) is 0. The second-order valence-electron chi connectivity index (χ2n) is 3.75. The Hall–Kier alpha value is -2.07. The van der Waals surface area contributed by atoms with Crippen molar-refractivity contribution in [2.75, 3.05) is 0 Å². The molecule has 1 aromatic carbocycles. The fraction of sp³-hybridized carbons (Fsp3) is 0. The minimum atomic E-state index is -0.517. The predicted molar refractivity (Wildman–Crippen MR) is 67.7 cm³/mol. The molecule has 88 valence electrons. The Bertz CT molecular complexity index is 730. The van der Waals surface area contributed by atoms with Gasteiger partial charge in [-0.15, -0.1) is 0 Å². The van der Waals surface area contributed by atoms with Crippen LogP contribution in [0.1, 0.15) is 0 Å². The summed E-state index contributed by atoms with van der Waals surface area (Å²) >= 11 is 5.68. The molecule has 3 rings (SSSR count). The van der Waals surface area contributed by atoms with Gasteiger partial charge in [0.15, 0.2) is 5.82 Å². The number of hydrogen-bond donors (Lipinski definition) is 0. The summed E-state index contributed by atoms with van der Waals surface area (Å²) in [5, 5.41) is 0.934. The molecule has 2 aromatic heterocycles. The Morgan fingerprint density at radius 2 is 1.89 bits per heavy atom. The van der Waals surface area contributed by atoms with E-state index in [1.807, 2.05) is 30.3 Å². The van der Waals surface area contributed by atoms with Crippen LogP contribution in [0, 0.1) is 5.82 Å². The first-order chi connectivity index (χ1) is 8.74.